The third-order valence-corrected chi connectivity index (χ3v) is 5.47. The highest BCUT2D eigenvalue weighted by Crippen LogP contribution is 2.32. The van der Waals surface area contributed by atoms with E-state index in [1.807, 2.05) is 13.0 Å². The number of phenolic OH excluding ortho intramolecular Hbond substituents is 1. The highest BCUT2D eigenvalue weighted by Gasteiger charge is 2.28. The average Bonchev–Trinajstić information content (AvgIpc) is 2.65. The Labute approximate surface area is 167 Å². The van der Waals surface area contributed by atoms with Gasteiger partial charge in [0.05, 0.1) is 18.8 Å². The number of allylic oxidation sites excluding steroid dienone is 1. The number of carbonyl (C=O) groups excluding carboxylic acids is 1. The molecule has 0 aliphatic heterocycles. The zero-order chi connectivity index (χ0) is 20.9. The first-order chi connectivity index (χ1) is 13.1. The number of aromatic hydroxyl groups is 1. The molecule has 2 rings (SSSR count). The number of carbonyl (C=O) groups is 1. The molecule has 2 N–H and O–H groups in total. The molecule has 154 valence electrons. The molecule has 0 unspecified atom stereocenters. The van der Waals surface area contributed by atoms with Gasteiger partial charge in [-0.25, -0.2) is 4.79 Å². The summed E-state index contributed by atoms with van der Waals surface area (Å²) in [5, 5.41) is 20.4. The summed E-state index contributed by atoms with van der Waals surface area (Å²) >= 11 is 0. The number of aliphatic hydroxyl groups excluding tert-OH is 1. The van der Waals surface area contributed by atoms with Crippen LogP contribution in [0.3, 0.4) is 0 Å². The summed E-state index contributed by atoms with van der Waals surface area (Å²) in [6, 6.07) is 4.37. The van der Waals surface area contributed by atoms with E-state index in [-0.39, 0.29) is 16.9 Å². The van der Waals surface area contributed by atoms with Gasteiger partial charge in [0.1, 0.15) is 6.10 Å². The minimum Gasteiger partial charge on any atom is -0.504 e. The fraction of sp³-hybridized carbons (Fsp3) is 0.522. The van der Waals surface area contributed by atoms with E-state index in [1.54, 1.807) is 0 Å². The van der Waals surface area contributed by atoms with E-state index in [9.17, 15) is 15.0 Å². The smallest absolute Gasteiger partial charge is 0.338 e. The summed E-state index contributed by atoms with van der Waals surface area (Å²) in [4.78, 5) is 12.7. The van der Waals surface area contributed by atoms with Crippen molar-refractivity contribution >= 4 is 5.97 Å². The Hall–Kier alpha value is -2.27. The van der Waals surface area contributed by atoms with Crippen molar-refractivity contribution < 1.29 is 24.5 Å². The maximum absolute atomic E-state index is 12.7. The van der Waals surface area contributed by atoms with Crippen LogP contribution in [0.25, 0.3) is 0 Å². The Balaban J connectivity index is 2.28. The fourth-order valence-electron chi connectivity index (χ4n) is 3.29. The molecule has 5 heteroatoms. The second kappa shape index (κ2) is 9.28. The number of aliphatic hydroxyl groups is 1. The fourth-order valence-corrected chi connectivity index (χ4v) is 3.29. The molecule has 1 aliphatic carbocycles. The summed E-state index contributed by atoms with van der Waals surface area (Å²) in [5.74, 6) is -0.309. The Morgan fingerprint density at radius 3 is 2.64 bits per heavy atom. The molecule has 0 heterocycles. The van der Waals surface area contributed by atoms with E-state index in [0.29, 0.717) is 12.0 Å². The molecule has 0 spiro atoms. The first-order valence-electron chi connectivity index (χ1n) is 9.74. The predicted molar refractivity (Wildman–Crippen MR) is 110 cm³/mol. The molecule has 0 fully saturated rings. The minimum atomic E-state index is -0.610. The van der Waals surface area contributed by atoms with Crippen LogP contribution in [0.4, 0.5) is 0 Å². The van der Waals surface area contributed by atoms with Gasteiger partial charge in [0.25, 0.3) is 0 Å². The number of esters is 1. The number of benzene rings is 1. The number of phenols is 1. The van der Waals surface area contributed by atoms with Crippen molar-refractivity contribution in [3.8, 4) is 11.5 Å². The van der Waals surface area contributed by atoms with Crippen molar-refractivity contribution in [1.29, 1.82) is 0 Å². The minimum absolute atomic E-state index is 0.0334. The maximum Gasteiger partial charge on any atom is 0.338 e. The van der Waals surface area contributed by atoms with E-state index in [4.69, 9.17) is 9.47 Å². The lowest BCUT2D eigenvalue weighted by Crippen LogP contribution is -2.29. The standard InChI is InChI=1S/C23H32O5/c1-15-7-6-12-23(3,4)21(25)13-16(2)19(11-8-15)28-22(26)17-9-10-18(24)20(14-17)27-5/h8-10,13-14,19,21,24-25H,6-7,11-12H2,1-5H3/b15-8-,16-13-/t19-,21+/m1/s1. The van der Waals surface area contributed by atoms with Crippen molar-refractivity contribution in [2.75, 3.05) is 7.11 Å². The summed E-state index contributed by atoms with van der Waals surface area (Å²) in [7, 11) is 1.43. The van der Waals surface area contributed by atoms with Crippen LogP contribution >= 0.6 is 0 Å². The second-order valence-corrected chi connectivity index (χ2v) is 8.26. The lowest BCUT2D eigenvalue weighted by atomic mass is 9.80. The molecule has 0 amide bonds. The van der Waals surface area contributed by atoms with Crippen LogP contribution in [-0.4, -0.2) is 35.5 Å². The molecule has 28 heavy (non-hydrogen) atoms. The van der Waals surface area contributed by atoms with Crippen LogP contribution in [-0.2, 0) is 4.74 Å². The van der Waals surface area contributed by atoms with E-state index in [2.05, 4.69) is 26.8 Å². The van der Waals surface area contributed by atoms with E-state index < -0.39 is 18.2 Å². The predicted octanol–water partition coefficient (Wildman–Crippen LogP) is 4.78. The SMILES string of the molecule is COc1cc(C(=O)O[C@@H]2C/C=C(/C)CCCC(C)(C)[C@@H](O)/C=C\2C)ccc1O. The summed E-state index contributed by atoms with van der Waals surface area (Å²) < 4.78 is 10.8. The molecular formula is C23H32O5. The molecule has 1 aromatic carbocycles. The highest BCUT2D eigenvalue weighted by molar-refractivity contribution is 5.90. The summed E-state index contributed by atoms with van der Waals surface area (Å²) in [6.07, 6.45) is 6.29. The van der Waals surface area contributed by atoms with Gasteiger partial charge in [-0.3, -0.25) is 0 Å². The van der Waals surface area contributed by atoms with Crippen LogP contribution in [0, 0.1) is 5.41 Å². The highest BCUT2D eigenvalue weighted by atomic mass is 16.5. The number of hydrogen-bond donors (Lipinski definition) is 2. The molecule has 1 aromatic rings. The van der Waals surface area contributed by atoms with Gasteiger partial charge < -0.3 is 19.7 Å². The molecule has 0 bridgehead atoms. The molecule has 0 radical (unpaired) electrons. The zero-order valence-electron chi connectivity index (χ0n) is 17.5. The van der Waals surface area contributed by atoms with Gasteiger partial charge in [-0.15, -0.1) is 0 Å². The largest absolute Gasteiger partial charge is 0.504 e. The van der Waals surface area contributed by atoms with E-state index >= 15 is 0 Å². The van der Waals surface area contributed by atoms with Crippen LogP contribution in [0.15, 0.2) is 41.5 Å². The molecule has 0 saturated carbocycles. The second-order valence-electron chi connectivity index (χ2n) is 8.26. The number of hydrogen-bond acceptors (Lipinski definition) is 5. The Bertz CT molecular complexity index is 760. The zero-order valence-corrected chi connectivity index (χ0v) is 17.5. The van der Waals surface area contributed by atoms with Crippen LogP contribution in [0.1, 0.15) is 63.7 Å². The van der Waals surface area contributed by atoms with E-state index in [1.165, 1.54) is 30.9 Å². The maximum atomic E-state index is 12.7. The first-order valence-corrected chi connectivity index (χ1v) is 9.74. The Morgan fingerprint density at radius 1 is 1.25 bits per heavy atom. The normalized spacial score (nSPS) is 26.8. The van der Waals surface area contributed by atoms with Crippen LogP contribution < -0.4 is 4.74 Å². The lowest BCUT2D eigenvalue weighted by molar-refractivity contribution is 0.0367. The van der Waals surface area contributed by atoms with Crippen molar-refractivity contribution in [1.82, 2.24) is 0 Å². The molecule has 0 aromatic heterocycles. The van der Waals surface area contributed by atoms with Gasteiger partial charge >= 0.3 is 5.97 Å². The van der Waals surface area contributed by atoms with Crippen molar-refractivity contribution in [3.63, 3.8) is 0 Å². The van der Waals surface area contributed by atoms with Crippen LogP contribution in [0.5, 0.6) is 11.5 Å². The van der Waals surface area contributed by atoms with Gasteiger partial charge in [-0.2, -0.15) is 0 Å². The molecule has 2 atom stereocenters. The van der Waals surface area contributed by atoms with Gasteiger partial charge in [0.2, 0.25) is 0 Å². The third-order valence-electron chi connectivity index (χ3n) is 5.47. The number of rotatable bonds is 3. The van der Waals surface area contributed by atoms with Gasteiger partial charge in [0, 0.05) is 6.42 Å². The topological polar surface area (TPSA) is 76.0 Å². The number of ether oxygens (including phenoxy) is 2. The molecule has 1 aliphatic rings. The third kappa shape index (κ3) is 5.61. The van der Waals surface area contributed by atoms with Gasteiger partial charge in [-0.1, -0.05) is 31.6 Å². The van der Waals surface area contributed by atoms with Crippen molar-refractivity contribution in [3.05, 3.63) is 47.1 Å². The number of methoxy groups -OCH3 is 1. The molecule has 0 saturated heterocycles. The van der Waals surface area contributed by atoms with Crippen molar-refractivity contribution in [2.45, 2.75) is 65.6 Å². The lowest BCUT2D eigenvalue weighted by Gasteiger charge is -2.29. The Kier molecular flexibility index (Phi) is 7.30. The van der Waals surface area contributed by atoms with Gasteiger partial charge in [-0.05, 0) is 62.3 Å². The Morgan fingerprint density at radius 2 is 1.96 bits per heavy atom. The summed E-state index contributed by atoms with van der Waals surface area (Å²) in [6.45, 7) is 8.09. The van der Waals surface area contributed by atoms with E-state index in [0.717, 1.165) is 24.8 Å². The van der Waals surface area contributed by atoms with Crippen molar-refractivity contribution in [2.24, 2.45) is 5.41 Å². The quantitative estimate of drug-likeness (QED) is 0.576. The molecule has 5 nitrogen and oxygen atoms in total. The first kappa shape index (κ1) is 22.0. The van der Waals surface area contributed by atoms with Crippen LogP contribution in [0.2, 0.25) is 0 Å². The summed E-state index contributed by atoms with van der Waals surface area (Å²) in [5.41, 5.74) is 2.14. The average molecular weight is 389 g/mol. The van der Waals surface area contributed by atoms with Gasteiger partial charge in [0.15, 0.2) is 11.5 Å². The monoisotopic (exact) mass is 388 g/mol. The molecular weight excluding hydrogens is 356 g/mol.